The number of thioether (sulfide) groups is 1. The smallest absolute Gasteiger partial charge is 0.267 e. The van der Waals surface area contributed by atoms with E-state index in [0.29, 0.717) is 10.6 Å². The molecule has 0 aliphatic heterocycles. The zero-order chi connectivity index (χ0) is 19.9. The predicted molar refractivity (Wildman–Crippen MR) is 114 cm³/mol. The Labute approximate surface area is 176 Å². The number of nitrogens with one attached hydrogen (secondary N) is 1. The van der Waals surface area contributed by atoms with Crippen LogP contribution in [-0.2, 0) is 5.75 Å². The maximum absolute atomic E-state index is 13.7. The summed E-state index contributed by atoms with van der Waals surface area (Å²) in [5, 5.41) is 4.71. The first-order valence-corrected chi connectivity index (χ1v) is 10.0. The van der Waals surface area contributed by atoms with Crippen LogP contribution in [0.5, 0.6) is 0 Å². The van der Waals surface area contributed by atoms with E-state index in [1.54, 1.807) is 30.0 Å². The van der Waals surface area contributed by atoms with Crippen molar-refractivity contribution in [3.8, 4) is 0 Å². The number of carbonyl (C=O) groups is 1. The molecule has 0 saturated carbocycles. The fraction of sp³-hybridized carbons (Fsp3) is 0.0476. The maximum atomic E-state index is 13.7. The molecule has 0 spiro atoms. The van der Waals surface area contributed by atoms with Crippen LogP contribution < -0.4 is 5.43 Å². The van der Waals surface area contributed by atoms with Gasteiger partial charge in [-0.1, -0.05) is 41.4 Å². The first-order chi connectivity index (χ1) is 13.5. The summed E-state index contributed by atoms with van der Waals surface area (Å²) in [7, 11) is 0. The van der Waals surface area contributed by atoms with Crippen LogP contribution in [0.4, 0.5) is 4.39 Å². The van der Waals surface area contributed by atoms with Crippen molar-refractivity contribution in [1.29, 1.82) is 0 Å². The van der Waals surface area contributed by atoms with E-state index in [1.807, 2.05) is 36.4 Å². The second-order valence-corrected chi connectivity index (χ2v) is 7.67. The van der Waals surface area contributed by atoms with Gasteiger partial charge < -0.3 is 0 Å². The van der Waals surface area contributed by atoms with Gasteiger partial charge in [-0.2, -0.15) is 5.10 Å². The van der Waals surface area contributed by atoms with Crippen LogP contribution in [0.3, 0.4) is 0 Å². The fourth-order valence-electron chi connectivity index (χ4n) is 2.30. The van der Waals surface area contributed by atoms with Crippen LogP contribution in [0.15, 0.2) is 76.7 Å². The molecule has 0 unspecified atom stereocenters. The zero-order valence-corrected chi connectivity index (χ0v) is 16.9. The Balaban J connectivity index is 1.56. The van der Waals surface area contributed by atoms with E-state index in [-0.39, 0.29) is 16.5 Å². The Kier molecular flexibility index (Phi) is 7.09. The van der Waals surface area contributed by atoms with E-state index in [0.717, 1.165) is 16.2 Å². The van der Waals surface area contributed by atoms with Crippen LogP contribution in [0.1, 0.15) is 21.5 Å². The number of halogens is 3. The van der Waals surface area contributed by atoms with Gasteiger partial charge in [0.1, 0.15) is 5.82 Å². The molecule has 0 aliphatic carbocycles. The summed E-state index contributed by atoms with van der Waals surface area (Å²) in [5.74, 6) is -0.123. The highest BCUT2D eigenvalue weighted by Crippen LogP contribution is 2.24. The number of hydrazone groups is 1. The minimum absolute atomic E-state index is 0.124. The first-order valence-electron chi connectivity index (χ1n) is 8.27. The monoisotopic (exact) mass is 432 g/mol. The number of hydrogen-bond acceptors (Lipinski definition) is 3. The average molecular weight is 433 g/mol. The third kappa shape index (κ3) is 5.58. The van der Waals surface area contributed by atoms with Gasteiger partial charge in [0.2, 0.25) is 0 Å². The molecule has 142 valence electrons. The Hall–Kier alpha value is -2.34. The molecule has 0 fully saturated rings. The summed E-state index contributed by atoms with van der Waals surface area (Å²) in [4.78, 5) is 13.3. The van der Waals surface area contributed by atoms with Crippen LogP contribution in [0, 0.1) is 5.82 Å². The molecule has 3 aromatic rings. The molecule has 0 heterocycles. The zero-order valence-electron chi connectivity index (χ0n) is 14.5. The van der Waals surface area contributed by atoms with Gasteiger partial charge in [-0.05, 0) is 54.1 Å². The number of hydrogen-bond donors (Lipinski definition) is 1. The molecule has 1 amide bonds. The SMILES string of the molecule is O=C(N/N=C/c1c(F)cccc1Cl)c1ccc(CSc2ccc(Cl)cc2)cc1. The molecule has 28 heavy (non-hydrogen) atoms. The van der Waals surface area contributed by atoms with E-state index in [9.17, 15) is 9.18 Å². The number of rotatable bonds is 6. The van der Waals surface area contributed by atoms with E-state index < -0.39 is 5.82 Å². The molecule has 0 bridgehead atoms. The second-order valence-electron chi connectivity index (χ2n) is 5.77. The van der Waals surface area contributed by atoms with Crippen molar-refractivity contribution in [3.63, 3.8) is 0 Å². The number of carbonyl (C=O) groups excluding carboxylic acids is 1. The number of amides is 1. The predicted octanol–water partition coefficient (Wildman–Crippen LogP) is 6.19. The molecule has 3 nitrogen and oxygen atoms in total. The molecule has 1 N–H and O–H groups in total. The lowest BCUT2D eigenvalue weighted by Gasteiger charge is -2.04. The van der Waals surface area contributed by atoms with E-state index in [2.05, 4.69) is 10.5 Å². The summed E-state index contributed by atoms with van der Waals surface area (Å²) >= 11 is 13.5. The standard InChI is InChI=1S/C21H15Cl2FN2OS/c22-16-8-10-17(11-9-16)28-13-14-4-6-15(7-5-14)21(27)26-25-12-18-19(23)2-1-3-20(18)24/h1-12H,13H2,(H,26,27)/b25-12+. The van der Waals surface area contributed by atoms with Gasteiger partial charge in [0.05, 0.1) is 11.2 Å². The van der Waals surface area contributed by atoms with Crippen LogP contribution in [0.25, 0.3) is 0 Å². The van der Waals surface area contributed by atoms with Gasteiger partial charge in [-0.15, -0.1) is 11.8 Å². The van der Waals surface area contributed by atoms with Crippen LogP contribution >= 0.6 is 35.0 Å². The van der Waals surface area contributed by atoms with E-state index >= 15 is 0 Å². The van der Waals surface area contributed by atoms with Crippen molar-refractivity contribution in [2.24, 2.45) is 5.10 Å². The minimum Gasteiger partial charge on any atom is -0.267 e. The normalized spacial score (nSPS) is 11.0. The Morgan fingerprint density at radius 2 is 1.75 bits per heavy atom. The largest absolute Gasteiger partial charge is 0.271 e. The Morgan fingerprint density at radius 1 is 1.04 bits per heavy atom. The molecule has 0 saturated heterocycles. The van der Waals surface area contributed by atoms with Crippen molar-refractivity contribution in [2.75, 3.05) is 0 Å². The van der Waals surface area contributed by atoms with Crippen molar-refractivity contribution in [3.05, 3.63) is 99.3 Å². The molecule has 0 radical (unpaired) electrons. The second kappa shape index (κ2) is 9.73. The summed E-state index contributed by atoms with van der Waals surface area (Å²) < 4.78 is 13.7. The van der Waals surface area contributed by atoms with E-state index in [4.69, 9.17) is 23.2 Å². The summed E-state index contributed by atoms with van der Waals surface area (Å²) in [5.41, 5.74) is 4.03. The first kappa shape index (κ1) is 20.4. The lowest BCUT2D eigenvalue weighted by molar-refractivity contribution is 0.0955. The number of nitrogens with zero attached hydrogens (tertiary/aromatic N) is 1. The van der Waals surface area contributed by atoms with Gasteiger partial charge >= 0.3 is 0 Å². The molecule has 3 aromatic carbocycles. The average Bonchev–Trinajstić information content (AvgIpc) is 2.70. The topological polar surface area (TPSA) is 41.5 Å². The molecule has 7 heteroatoms. The quantitative estimate of drug-likeness (QED) is 0.286. The summed E-state index contributed by atoms with van der Waals surface area (Å²) in [6.07, 6.45) is 1.19. The third-order valence-electron chi connectivity index (χ3n) is 3.79. The highest BCUT2D eigenvalue weighted by Gasteiger charge is 2.06. The van der Waals surface area contributed by atoms with Gasteiger partial charge in [0.15, 0.2) is 0 Å². The summed E-state index contributed by atoms with van der Waals surface area (Å²) in [6.45, 7) is 0. The molecule has 0 aliphatic rings. The Bertz CT molecular complexity index is 972. The third-order valence-corrected chi connectivity index (χ3v) is 5.46. The molecular formula is C21H15Cl2FN2OS. The van der Waals surface area contributed by atoms with Gasteiger partial charge in [0, 0.05) is 26.8 Å². The summed E-state index contributed by atoms with van der Waals surface area (Å²) in [6, 6.07) is 19.2. The number of benzene rings is 3. The highest BCUT2D eigenvalue weighted by molar-refractivity contribution is 7.98. The van der Waals surface area contributed by atoms with E-state index in [1.165, 1.54) is 18.3 Å². The molecular weight excluding hydrogens is 418 g/mol. The molecule has 0 atom stereocenters. The van der Waals surface area contributed by atoms with Crippen LogP contribution in [-0.4, -0.2) is 12.1 Å². The lowest BCUT2D eigenvalue weighted by Crippen LogP contribution is -2.17. The maximum Gasteiger partial charge on any atom is 0.271 e. The van der Waals surface area contributed by atoms with Crippen LogP contribution in [0.2, 0.25) is 10.0 Å². The van der Waals surface area contributed by atoms with Gasteiger partial charge in [-0.25, -0.2) is 9.82 Å². The van der Waals surface area contributed by atoms with Gasteiger partial charge in [-0.3, -0.25) is 4.79 Å². The van der Waals surface area contributed by atoms with Crippen molar-refractivity contribution in [1.82, 2.24) is 5.43 Å². The fourth-order valence-corrected chi connectivity index (χ4v) is 3.50. The minimum atomic E-state index is -0.506. The highest BCUT2D eigenvalue weighted by atomic mass is 35.5. The van der Waals surface area contributed by atoms with Crippen molar-refractivity contribution < 1.29 is 9.18 Å². The molecule has 0 aromatic heterocycles. The Morgan fingerprint density at radius 3 is 2.43 bits per heavy atom. The van der Waals surface area contributed by atoms with Gasteiger partial charge in [0.25, 0.3) is 5.91 Å². The molecule has 3 rings (SSSR count). The van der Waals surface area contributed by atoms with Crippen molar-refractivity contribution in [2.45, 2.75) is 10.6 Å². The van der Waals surface area contributed by atoms with Crippen molar-refractivity contribution >= 4 is 47.1 Å². The lowest BCUT2D eigenvalue weighted by atomic mass is 10.1.